The van der Waals surface area contributed by atoms with Crippen molar-refractivity contribution in [2.45, 2.75) is 25.4 Å². The predicted octanol–water partition coefficient (Wildman–Crippen LogP) is 4.30. The summed E-state index contributed by atoms with van der Waals surface area (Å²) in [7, 11) is 0. The number of hydrogen-bond donors (Lipinski definition) is 3. The Morgan fingerprint density at radius 3 is 2.48 bits per heavy atom. The fourth-order valence-electron chi connectivity index (χ4n) is 4.24. The van der Waals surface area contributed by atoms with E-state index >= 15 is 0 Å². The van der Waals surface area contributed by atoms with Crippen molar-refractivity contribution < 1.29 is 18.0 Å². The van der Waals surface area contributed by atoms with Gasteiger partial charge in [0.1, 0.15) is 0 Å². The molecule has 1 amide bonds. The lowest BCUT2D eigenvalue weighted by molar-refractivity contribution is -0.137. The van der Waals surface area contributed by atoms with E-state index in [1.54, 1.807) is 18.2 Å². The van der Waals surface area contributed by atoms with E-state index in [1.165, 1.54) is 6.07 Å². The molecule has 1 aliphatic rings. The Kier molecular flexibility index (Phi) is 4.88. The van der Waals surface area contributed by atoms with Crippen LogP contribution in [0.3, 0.4) is 0 Å². The summed E-state index contributed by atoms with van der Waals surface area (Å²) < 4.78 is 38.9. The second-order valence-corrected chi connectivity index (χ2v) is 8.17. The number of hydrogen-bond acceptors (Lipinski definition) is 4. The number of nitrogen functional groups attached to an aromatic ring is 1. The molecule has 1 fully saturated rings. The predicted molar refractivity (Wildman–Crippen MR) is 119 cm³/mol. The number of carbonyl (C=O) groups excluding carboxylic acids is 1. The van der Waals surface area contributed by atoms with Gasteiger partial charge in [-0.15, -0.1) is 0 Å². The lowest BCUT2D eigenvalue weighted by Crippen LogP contribution is -2.35. The van der Waals surface area contributed by atoms with Crippen molar-refractivity contribution >= 4 is 33.5 Å². The number of halogens is 3. The van der Waals surface area contributed by atoms with Crippen LogP contribution in [-0.4, -0.2) is 38.8 Å². The summed E-state index contributed by atoms with van der Waals surface area (Å²) >= 11 is 0. The van der Waals surface area contributed by atoms with Crippen LogP contribution in [0.5, 0.6) is 0 Å². The molecule has 0 aliphatic carbocycles. The monoisotopic (exact) mass is 455 g/mol. The molecule has 10 heteroatoms. The highest BCUT2D eigenvalue weighted by atomic mass is 19.4. The Balaban J connectivity index is 1.57. The molecular formula is C23H20F3N5O2. The number of alkyl halides is 3. The molecule has 4 aromatic rings. The summed E-state index contributed by atoms with van der Waals surface area (Å²) in [6.45, 7) is 1.44. The maximum atomic E-state index is 13.0. The van der Waals surface area contributed by atoms with Gasteiger partial charge >= 0.3 is 6.18 Å². The van der Waals surface area contributed by atoms with Crippen LogP contribution in [-0.2, 0) is 6.18 Å². The summed E-state index contributed by atoms with van der Waals surface area (Å²) in [5.74, 6) is -0.0686. The maximum Gasteiger partial charge on any atom is 0.416 e. The van der Waals surface area contributed by atoms with Crippen molar-refractivity contribution in [3.8, 4) is 11.4 Å². The lowest BCUT2D eigenvalue weighted by atomic mass is 10.1. The minimum Gasteiger partial charge on any atom is -0.396 e. The zero-order valence-electron chi connectivity index (χ0n) is 17.4. The molecule has 170 valence electrons. The zero-order valence-corrected chi connectivity index (χ0v) is 17.4. The van der Waals surface area contributed by atoms with Gasteiger partial charge in [-0.3, -0.25) is 9.59 Å². The van der Waals surface area contributed by atoms with Crippen LogP contribution in [0, 0.1) is 0 Å². The fraction of sp³-hybridized carbons (Fsp3) is 0.261. The third-order valence-electron chi connectivity index (χ3n) is 5.99. The molecule has 0 atom stereocenters. The van der Waals surface area contributed by atoms with Gasteiger partial charge in [-0.25, -0.2) is 4.98 Å². The second kappa shape index (κ2) is 7.65. The first-order chi connectivity index (χ1) is 15.7. The Morgan fingerprint density at radius 1 is 1.00 bits per heavy atom. The molecule has 4 N–H and O–H groups in total. The summed E-state index contributed by atoms with van der Waals surface area (Å²) in [4.78, 5) is 37.1. The normalized spacial score (nSPS) is 14.8. The van der Waals surface area contributed by atoms with Gasteiger partial charge in [0.15, 0.2) is 5.69 Å². The number of nitrogens with one attached hydrogen (secondary N) is 2. The van der Waals surface area contributed by atoms with Gasteiger partial charge < -0.3 is 20.6 Å². The summed E-state index contributed by atoms with van der Waals surface area (Å²) in [5, 5.41) is 0.571. The molecule has 0 saturated carbocycles. The lowest BCUT2D eigenvalue weighted by Gasteiger charge is -2.26. The van der Waals surface area contributed by atoms with Crippen LogP contribution in [0.25, 0.3) is 33.3 Å². The molecule has 2 aromatic carbocycles. The van der Waals surface area contributed by atoms with Gasteiger partial charge in [-0.1, -0.05) is 0 Å². The molecule has 7 nitrogen and oxygen atoms in total. The Morgan fingerprint density at radius 2 is 1.76 bits per heavy atom. The third kappa shape index (κ3) is 3.71. The number of benzene rings is 2. The first-order valence-corrected chi connectivity index (χ1v) is 10.5. The number of nitrogens with two attached hydrogens (primary N) is 1. The SMILES string of the molecule is Nc1c(-c2nc3ccc(C(F)(F)F)cc3[nH]c2=O)[nH]c2ccc(C(=O)N3CCCCC3)cc12. The van der Waals surface area contributed by atoms with Crippen LogP contribution in [0.2, 0.25) is 0 Å². The number of anilines is 1. The smallest absolute Gasteiger partial charge is 0.396 e. The number of piperidine rings is 1. The molecule has 1 aliphatic heterocycles. The van der Waals surface area contributed by atoms with Crippen molar-refractivity contribution in [2.75, 3.05) is 18.8 Å². The van der Waals surface area contributed by atoms with E-state index in [-0.39, 0.29) is 34.0 Å². The van der Waals surface area contributed by atoms with E-state index < -0.39 is 17.3 Å². The molecule has 3 heterocycles. The molecule has 1 saturated heterocycles. The largest absolute Gasteiger partial charge is 0.416 e. The van der Waals surface area contributed by atoms with Crippen LogP contribution < -0.4 is 11.3 Å². The van der Waals surface area contributed by atoms with Crippen LogP contribution in [0.4, 0.5) is 18.9 Å². The average molecular weight is 455 g/mol. The van der Waals surface area contributed by atoms with Crippen molar-refractivity contribution in [1.29, 1.82) is 0 Å². The molecule has 33 heavy (non-hydrogen) atoms. The Bertz CT molecular complexity index is 1450. The standard InChI is InChI=1S/C23H20F3N5O2/c24-23(25,26)13-5-7-16-17(11-13)30-21(32)20(29-16)19-18(27)14-10-12(4-6-15(14)28-19)22(33)31-8-2-1-3-9-31/h4-7,10-11,28H,1-3,8-9,27H2,(H,30,32). The summed E-state index contributed by atoms with van der Waals surface area (Å²) in [5.41, 5.74) is 6.49. The van der Waals surface area contributed by atoms with Crippen LogP contribution >= 0.6 is 0 Å². The summed E-state index contributed by atoms with van der Waals surface area (Å²) in [6, 6.07) is 8.07. The van der Waals surface area contributed by atoms with E-state index in [2.05, 4.69) is 15.0 Å². The molecule has 0 spiro atoms. The maximum absolute atomic E-state index is 13.0. The van der Waals surface area contributed by atoms with Crippen LogP contribution in [0.15, 0.2) is 41.2 Å². The number of fused-ring (bicyclic) bond motifs is 2. The van der Waals surface area contributed by atoms with Crippen molar-refractivity contribution in [3.05, 3.63) is 57.9 Å². The molecule has 0 bridgehead atoms. The molecule has 5 rings (SSSR count). The van der Waals surface area contributed by atoms with E-state index in [4.69, 9.17) is 5.73 Å². The van der Waals surface area contributed by atoms with Gasteiger partial charge in [0.2, 0.25) is 0 Å². The van der Waals surface area contributed by atoms with E-state index in [9.17, 15) is 22.8 Å². The zero-order chi connectivity index (χ0) is 23.3. The quantitative estimate of drug-likeness (QED) is 0.419. The molecule has 0 unspecified atom stereocenters. The summed E-state index contributed by atoms with van der Waals surface area (Å²) in [6.07, 6.45) is -1.47. The molecule has 0 radical (unpaired) electrons. The number of likely N-dealkylation sites (tertiary alicyclic amines) is 1. The number of carbonyl (C=O) groups is 1. The van der Waals surface area contributed by atoms with E-state index in [0.717, 1.165) is 44.5 Å². The van der Waals surface area contributed by atoms with Gasteiger partial charge in [0, 0.05) is 29.6 Å². The minimum atomic E-state index is -4.53. The van der Waals surface area contributed by atoms with Gasteiger partial charge in [-0.2, -0.15) is 13.2 Å². The number of aromatic nitrogens is 3. The van der Waals surface area contributed by atoms with E-state index in [0.29, 0.717) is 16.5 Å². The first-order valence-electron chi connectivity index (χ1n) is 10.5. The average Bonchev–Trinajstić information content (AvgIpc) is 3.13. The third-order valence-corrected chi connectivity index (χ3v) is 5.99. The number of nitrogens with zero attached hydrogens (tertiary/aromatic N) is 2. The highest BCUT2D eigenvalue weighted by Gasteiger charge is 2.31. The second-order valence-electron chi connectivity index (χ2n) is 8.17. The van der Waals surface area contributed by atoms with Crippen molar-refractivity contribution in [2.24, 2.45) is 0 Å². The van der Waals surface area contributed by atoms with Crippen LogP contribution in [0.1, 0.15) is 35.2 Å². The van der Waals surface area contributed by atoms with Crippen molar-refractivity contribution in [1.82, 2.24) is 19.9 Å². The van der Waals surface area contributed by atoms with E-state index in [1.807, 2.05) is 4.90 Å². The van der Waals surface area contributed by atoms with Crippen molar-refractivity contribution in [3.63, 3.8) is 0 Å². The molecule has 2 aromatic heterocycles. The number of rotatable bonds is 2. The van der Waals surface area contributed by atoms with Gasteiger partial charge in [-0.05, 0) is 55.7 Å². The Hall–Kier alpha value is -3.82. The fourth-order valence-corrected chi connectivity index (χ4v) is 4.24. The topological polar surface area (TPSA) is 108 Å². The number of H-pyrrole nitrogens is 2. The molecular weight excluding hydrogens is 435 g/mol. The van der Waals surface area contributed by atoms with Gasteiger partial charge in [0.05, 0.1) is 28.0 Å². The first kappa shape index (κ1) is 21.0. The van der Waals surface area contributed by atoms with Gasteiger partial charge in [0.25, 0.3) is 11.5 Å². The number of aromatic amines is 2. The highest BCUT2D eigenvalue weighted by molar-refractivity contribution is 6.04. The minimum absolute atomic E-state index is 0.0253. The highest BCUT2D eigenvalue weighted by Crippen LogP contribution is 2.33. The Labute approximate surface area is 185 Å². The number of amides is 1.